The molecule has 1 rings (SSSR count). The fourth-order valence-electron chi connectivity index (χ4n) is 0.967. The second-order valence-electron chi connectivity index (χ2n) is 2.83. The highest BCUT2D eigenvalue weighted by Gasteiger charge is 2.10. The van der Waals surface area contributed by atoms with Gasteiger partial charge >= 0.3 is 0 Å². The third-order valence-electron chi connectivity index (χ3n) is 1.74. The first-order valence-corrected chi connectivity index (χ1v) is 4.65. The molecular formula is C9H15N3O2. The van der Waals surface area contributed by atoms with Crippen molar-refractivity contribution in [3.63, 3.8) is 0 Å². The average Bonchev–Trinajstić information content (AvgIpc) is 2.66. The maximum absolute atomic E-state index is 11.4. The SMILES string of the molecule is CCc1ncc(C(=O)NCCNC)o1. The predicted molar refractivity (Wildman–Crippen MR) is 52.1 cm³/mol. The van der Waals surface area contributed by atoms with Crippen LogP contribution >= 0.6 is 0 Å². The zero-order valence-electron chi connectivity index (χ0n) is 8.46. The van der Waals surface area contributed by atoms with E-state index in [0.29, 0.717) is 18.9 Å². The minimum Gasteiger partial charge on any atom is -0.436 e. The molecule has 0 spiro atoms. The summed E-state index contributed by atoms with van der Waals surface area (Å²) >= 11 is 0. The number of aromatic nitrogens is 1. The van der Waals surface area contributed by atoms with Gasteiger partial charge in [-0.1, -0.05) is 6.92 Å². The topological polar surface area (TPSA) is 67.2 Å². The van der Waals surface area contributed by atoms with E-state index < -0.39 is 0 Å². The van der Waals surface area contributed by atoms with Gasteiger partial charge < -0.3 is 15.1 Å². The summed E-state index contributed by atoms with van der Waals surface area (Å²) in [7, 11) is 1.83. The second-order valence-corrected chi connectivity index (χ2v) is 2.83. The molecule has 0 unspecified atom stereocenters. The second kappa shape index (κ2) is 5.39. The molecule has 2 N–H and O–H groups in total. The summed E-state index contributed by atoms with van der Waals surface area (Å²) in [5.41, 5.74) is 0. The number of nitrogens with zero attached hydrogens (tertiary/aromatic N) is 1. The first kappa shape index (κ1) is 10.7. The van der Waals surface area contributed by atoms with Crippen LogP contribution < -0.4 is 10.6 Å². The highest BCUT2D eigenvalue weighted by molar-refractivity contribution is 5.91. The molecule has 0 aliphatic rings. The molecule has 0 saturated heterocycles. The van der Waals surface area contributed by atoms with Crippen molar-refractivity contribution in [2.75, 3.05) is 20.1 Å². The number of aryl methyl sites for hydroxylation is 1. The van der Waals surface area contributed by atoms with Gasteiger partial charge in [0.2, 0.25) is 5.76 Å². The van der Waals surface area contributed by atoms with Gasteiger partial charge in [0, 0.05) is 19.5 Å². The van der Waals surface area contributed by atoms with Crippen LogP contribution in [0, 0.1) is 0 Å². The van der Waals surface area contributed by atoms with Gasteiger partial charge in [-0.15, -0.1) is 0 Å². The van der Waals surface area contributed by atoms with Gasteiger partial charge in [0.15, 0.2) is 5.89 Å². The summed E-state index contributed by atoms with van der Waals surface area (Å²) in [6, 6.07) is 0. The van der Waals surface area contributed by atoms with Crippen LogP contribution in [0.25, 0.3) is 0 Å². The minimum atomic E-state index is -0.215. The third-order valence-corrected chi connectivity index (χ3v) is 1.74. The Labute approximate surface area is 82.9 Å². The lowest BCUT2D eigenvalue weighted by molar-refractivity contribution is 0.0925. The van der Waals surface area contributed by atoms with Crippen LogP contribution in [-0.2, 0) is 6.42 Å². The van der Waals surface area contributed by atoms with Gasteiger partial charge in [-0.25, -0.2) is 4.98 Å². The summed E-state index contributed by atoms with van der Waals surface area (Å²) in [6.45, 7) is 3.24. The van der Waals surface area contributed by atoms with Gasteiger partial charge in [-0.3, -0.25) is 4.79 Å². The quantitative estimate of drug-likeness (QED) is 0.661. The average molecular weight is 197 g/mol. The highest BCUT2D eigenvalue weighted by Crippen LogP contribution is 2.03. The molecule has 0 saturated carbocycles. The molecule has 1 aromatic rings. The minimum absolute atomic E-state index is 0.215. The summed E-state index contributed by atoms with van der Waals surface area (Å²) in [5, 5.41) is 5.63. The van der Waals surface area contributed by atoms with E-state index in [-0.39, 0.29) is 11.7 Å². The largest absolute Gasteiger partial charge is 0.436 e. The zero-order chi connectivity index (χ0) is 10.4. The van der Waals surface area contributed by atoms with E-state index in [1.807, 2.05) is 14.0 Å². The Kier molecular flexibility index (Phi) is 4.12. The number of amides is 1. The maximum atomic E-state index is 11.4. The molecule has 0 atom stereocenters. The molecule has 0 radical (unpaired) electrons. The Morgan fingerprint density at radius 1 is 1.57 bits per heavy atom. The molecule has 14 heavy (non-hydrogen) atoms. The van der Waals surface area contributed by atoms with Crippen molar-refractivity contribution in [2.24, 2.45) is 0 Å². The van der Waals surface area contributed by atoms with Crippen molar-refractivity contribution in [3.05, 3.63) is 17.8 Å². The van der Waals surface area contributed by atoms with Crippen LogP contribution in [-0.4, -0.2) is 31.0 Å². The van der Waals surface area contributed by atoms with E-state index in [0.717, 1.165) is 6.54 Å². The van der Waals surface area contributed by atoms with Gasteiger partial charge in [-0.2, -0.15) is 0 Å². The molecule has 1 amide bonds. The van der Waals surface area contributed by atoms with Crippen LogP contribution in [0.5, 0.6) is 0 Å². The Bertz CT molecular complexity index is 296. The van der Waals surface area contributed by atoms with Crippen LogP contribution in [0.15, 0.2) is 10.6 Å². The first-order chi connectivity index (χ1) is 6.77. The number of carbonyl (C=O) groups is 1. The smallest absolute Gasteiger partial charge is 0.288 e. The lowest BCUT2D eigenvalue weighted by atomic mass is 10.4. The number of hydrogen-bond acceptors (Lipinski definition) is 4. The van der Waals surface area contributed by atoms with Gasteiger partial charge in [-0.05, 0) is 7.05 Å². The predicted octanol–water partition coefficient (Wildman–Crippen LogP) is 0.186. The molecule has 0 fully saturated rings. The van der Waals surface area contributed by atoms with Crippen LogP contribution in [0.2, 0.25) is 0 Å². The molecule has 1 heterocycles. The van der Waals surface area contributed by atoms with Crippen molar-refractivity contribution in [1.82, 2.24) is 15.6 Å². The molecule has 5 nitrogen and oxygen atoms in total. The Hall–Kier alpha value is -1.36. The summed E-state index contributed by atoms with van der Waals surface area (Å²) in [5.74, 6) is 0.647. The van der Waals surface area contributed by atoms with Gasteiger partial charge in [0.05, 0.1) is 6.20 Å². The van der Waals surface area contributed by atoms with Crippen molar-refractivity contribution < 1.29 is 9.21 Å². The molecule has 0 aliphatic carbocycles. The Morgan fingerprint density at radius 3 is 2.93 bits per heavy atom. The fraction of sp³-hybridized carbons (Fsp3) is 0.556. The van der Waals surface area contributed by atoms with Crippen molar-refractivity contribution in [1.29, 1.82) is 0 Å². The first-order valence-electron chi connectivity index (χ1n) is 4.65. The highest BCUT2D eigenvalue weighted by atomic mass is 16.4. The molecular weight excluding hydrogens is 182 g/mol. The van der Waals surface area contributed by atoms with Crippen LogP contribution in [0.1, 0.15) is 23.4 Å². The number of oxazole rings is 1. The molecule has 0 bridgehead atoms. The molecule has 1 aromatic heterocycles. The standard InChI is InChI=1S/C9H15N3O2/c1-3-8-12-6-7(14-8)9(13)11-5-4-10-2/h6,10H,3-5H2,1-2H3,(H,11,13). The van der Waals surface area contributed by atoms with Crippen LogP contribution in [0.3, 0.4) is 0 Å². The van der Waals surface area contributed by atoms with Gasteiger partial charge in [0.1, 0.15) is 0 Å². The Morgan fingerprint density at radius 2 is 2.36 bits per heavy atom. The fourth-order valence-corrected chi connectivity index (χ4v) is 0.967. The summed E-state index contributed by atoms with van der Waals surface area (Å²) in [6.07, 6.45) is 2.15. The van der Waals surface area contributed by atoms with Crippen molar-refractivity contribution in [2.45, 2.75) is 13.3 Å². The van der Waals surface area contributed by atoms with Crippen LogP contribution in [0.4, 0.5) is 0 Å². The molecule has 78 valence electrons. The van der Waals surface area contributed by atoms with E-state index in [9.17, 15) is 4.79 Å². The maximum Gasteiger partial charge on any atom is 0.288 e. The monoisotopic (exact) mass is 197 g/mol. The number of hydrogen-bond donors (Lipinski definition) is 2. The van der Waals surface area contributed by atoms with Crippen molar-refractivity contribution in [3.8, 4) is 0 Å². The lowest BCUT2D eigenvalue weighted by Gasteiger charge is -2.00. The van der Waals surface area contributed by atoms with E-state index in [1.54, 1.807) is 0 Å². The lowest BCUT2D eigenvalue weighted by Crippen LogP contribution is -2.30. The number of carbonyl (C=O) groups excluding carboxylic acids is 1. The normalized spacial score (nSPS) is 10.1. The molecule has 0 aromatic carbocycles. The van der Waals surface area contributed by atoms with Gasteiger partial charge in [0.25, 0.3) is 5.91 Å². The molecule has 0 aliphatic heterocycles. The van der Waals surface area contributed by atoms with E-state index in [4.69, 9.17) is 4.42 Å². The van der Waals surface area contributed by atoms with E-state index >= 15 is 0 Å². The third kappa shape index (κ3) is 2.85. The Balaban J connectivity index is 2.44. The number of nitrogens with one attached hydrogen (secondary N) is 2. The number of likely N-dealkylation sites (N-methyl/N-ethyl adjacent to an activating group) is 1. The number of rotatable bonds is 5. The zero-order valence-corrected chi connectivity index (χ0v) is 8.46. The summed E-state index contributed by atoms with van der Waals surface area (Å²) < 4.78 is 5.18. The summed E-state index contributed by atoms with van der Waals surface area (Å²) in [4.78, 5) is 15.3. The van der Waals surface area contributed by atoms with E-state index in [2.05, 4.69) is 15.6 Å². The van der Waals surface area contributed by atoms with E-state index in [1.165, 1.54) is 6.20 Å². The molecule has 5 heteroatoms. The van der Waals surface area contributed by atoms with Crippen molar-refractivity contribution >= 4 is 5.91 Å².